The van der Waals surface area contributed by atoms with E-state index in [2.05, 4.69) is 10.1 Å². The summed E-state index contributed by atoms with van der Waals surface area (Å²) in [5.74, 6) is -0.832. The molecule has 1 amide bonds. The first-order valence-corrected chi connectivity index (χ1v) is 6.50. The molecule has 3 N–H and O–H groups in total. The second-order valence-electron chi connectivity index (χ2n) is 5.56. The smallest absolute Gasteiger partial charge is 0.328 e. The Morgan fingerprint density at radius 3 is 2.40 bits per heavy atom. The van der Waals surface area contributed by atoms with Gasteiger partial charge in [0.05, 0.1) is 13.2 Å². The van der Waals surface area contributed by atoms with E-state index in [9.17, 15) is 9.59 Å². The number of halogens is 1. The first kappa shape index (κ1) is 19.1. The lowest BCUT2D eigenvalue weighted by Gasteiger charge is -2.57. The minimum Gasteiger partial charge on any atom is -0.467 e. The van der Waals surface area contributed by atoms with Crippen LogP contribution in [0, 0.1) is 5.41 Å². The van der Waals surface area contributed by atoms with Gasteiger partial charge in [-0.15, -0.1) is 12.4 Å². The van der Waals surface area contributed by atoms with Crippen LogP contribution in [0.2, 0.25) is 0 Å². The first-order chi connectivity index (χ1) is 8.70. The molecule has 1 rings (SSSR count). The molecule has 0 saturated heterocycles. The van der Waals surface area contributed by atoms with Gasteiger partial charge >= 0.3 is 5.97 Å². The number of methoxy groups -OCH3 is 1. The van der Waals surface area contributed by atoms with Gasteiger partial charge in [0, 0.05) is 18.4 Å². The Morgan fingerprint density at radius 2 is 2.00 bits per heavy atom. The molecule has 3 atom stereocenters. The molecule has 0 spiro atoms. The van der Waals surface area contributed by atoms with Crippen molar-refractivity contribution < 1.29 is 19.1 Å². The zero-order valence-electron chi connectivity index (χ0n) is 12.7. The summed E-state index contributed by atoms with van der Waals surface area (Å²) in [5.41, 5.74) is 4.70. The lowest BCUT2D eigenvalue weighted by atomic mass is 9.54. The highest BCUT2D eigenvalue weighted by atomic mass is 35.5. The quantitative estimate of drug-likeness (QED) is 0.727. The van der Waals surface area contributed by atoms with Crippen molar-refractivity contribution in [1.29, 1.82) is 0 Å². The number of hydrogen-bond acceptors (Lipinski definition) is 5. The van der Waals surface area contributed by atoms with Crippen LogP contribution in [-0.4, -0.2) is 43.3 Å². The molecule has 7 heteroatoms. The molecular weight excluding hydrogens is 284 g/mol. The zero-order chi connectivity index (χ0) is 14.8. The highest BCUT2D eigenvalue weighted by Gasteiger charge is 2.63. The number of nitrogens with one attached hydrogen (secondary N) is 1. The summed E-state index contributed by atoms with van der Waals surface area (Å²) in [4.78, 5) is 23.6. The summed E-state index contributed by atoms with van der Waals surface area (Å²) < 4.78 is 10.1. The van der Waals surface area contributed by atoms with Gasteiger partial charge in [-0.05, 0) is 13.8 Å². The van der Waals surface area contributed by atoms with Crippen molar-refractivity contribution in [3.8, 4) is 0 Å². The number of ether oxygens (including phenoxy) is 2. The van der Waals surface area contributed by atoms with Crippen molar-refractivity contribution in [3.05, 3.63) is 0 Å². The van der Waals surface area contributed by atoms with E-state index in [1.54, 1.807) is 6.92 Å². The lowest BCUT2D eigenvalue weighted by molar-refractivity contribution is -0.172. The molecule has 0 aromatic rings. The van der Waals surface area contributed by atoms with E-state index in [1.165, 1.54) is 7.11 Å². The van der Waals surface area contributed by atoms with Crippen LogP contribution in [0.1, 0.15) is 34.1 Å². The van der Waals surface area contributed by atoms with Crippen LogP contribution in [0.3, 0.4) is 0 Å². The third kappa shape index (κ3) is 3.07. The topological polar surface area (TPSA) is 90.6 Å². The third-order valence-electron chi connectivity index (χ3n) is 4.14. The Hall–Kier alpha value is -0.850. The molecule has 118 valence electrons. The lowest BCUT2D eigenvalue weighted by Crippen LogP contribution is -2.76. The SMILES string of the molecule is CCOC1CC(N)(C(=O)N[C@@H](C)C(=O)OC)C1(C)C.Cl. The molecule has 1 aliphatic carbocycles. The zero-order valence-corrected chi connectivity index (χ0v) is 13.5. The average molecular weight is 309 g/mol. The highest BCUT2D eigenvalue weighted by molar-refractivity contribution is 5.92. The van der Waals surface area contributed by atoms with Crippen LogP contribution < -0.4 is 11.1 Å². The fourth-order valence-corrected chi connectivity index (χ4v) is 2.38. The maximum Gasteiger partial charge on any atom is 0.328 e. The molecule has 0 aromatic heterocycles. The minimum absolute atomic E-state index is 0. The molecule has 6 nitrogen and oxygen atoms in total. The van der Waals surface area contributed by atoms with E-state index in [0.717, 1.165) is 0 Å². The number of nitrogens with two attached hydrogens (primary N) is 1. The Kier molecular flexibility index (Phi) is 6.45. The maximum atomic E-state index is 12.2. The third-order valence-corrected chi connectivity index (χ3v) is 4.14. The Morgan fingerprint density at radius 1 is 1.45 bits per heavy atom. The summed E-state index contributed by atoms with van der Waals surface area (Å²) in [6.07, 6.45) is 0.412. The van der Waals surface area contributed by atoms with Crippen molar-refractivity contribution in [3.63, 3.8) is 0 Å². The Balaban J connectivity index is 0.00000361. The van der Waals surface area contributed by atoms with Gasteiger partial charge in [0.1, 0.15) is 11.6 Å². The number of rotatable bonds is 5. The minimum atomic E-state index is -1.02. The summed E-state index contributed by atoms with van der Waals surface area (Å²) in [6.45, 7) is 7.87. The van der Waals surface area contributed by atoms with E-state index >= 15 is 0 Å². The van der Waals surface area contributed by atoms with Gasteiger partial charge in [0.15, 0.2) is 0 Å². The molecule has 2 unspecified atom stereocenters. The summed E-state index contributed by atoms with van der Waals surface area (Å²) in [5, 5.41) is 2.60. The van der Waals surface area contributed by atoms with Crippen LogP contribution >= 0.6 is 12.4 Å². The van der Waals surface area contributed by atoms with Crippen LogP contribution in [0.15, 0.2) is 0 Å². The van der Waals surface area contributed by atoms with E-state index in [4.69, 9.17) is 10.5 Å². The van der Waals surface area contributed by atoms with E-state index < -0.39 is 23.0 Å². The molecule has 1 saturated carbocycles. The van der Waals surface area contributed by atoms with Crippen molar-refractivity contribution in [2.45, 2.75) is 51.8 Å². The predicted molar refractivity (Wildman–Crippen MR) is 77.6 cm³/mol. The fourth-order valence-electron chi connectivity index (χ4n) is 2.38. The molecule has 0 aliphatic heterocycles. The Bertz CT molecular complexity index is 375. The highest BCUT2D eigenvalue weighted by Crippen LogP contribution is 2.49. The number of amides is 1. The monoisotopic (exact) mass is 308 g/mol. The van der Waals surface area contributed by atoms with E-state index in [0.29, 0.717) is 13.0 Å². The largest absolute Gasteiger partial charge is 0.467 e. The van der Waals surface area contributed by atoms with Gasteiger partial charge in [-0.1, -0.05) is 13.8 Å². The maximum absolute atomic E-state index is 12.2. The normalized spacial score (nSPS) is 28.6. The summed E-state index contributed by atoms with van der Waals surface area (Å²) in [7, 11) is 1.28. The van der Waals surface area contributed by atoms with Gasteiger partial charge in [-0.25, -0.2) is 4.79 Å². The number of hydrogen-bond donors (Lipinski definition) is 2. The molecule has 20 heavy (non-hydrogen) atoms. The van der Waals surface area contributed by atoms with Crippen molar-refractivity contribution in [2.75, 3.05) is 13.7 Å². The number of carbonyl (C=O) groups is 2. The number of carbonyl (C=O) groups excluding carboxylic acids is 2. The fraction of sp³-hybridized carbons (Fsp3) is 0.846. The second-order valence-corrected chi connectivity index (χ2v) is 5.56. The van der Waals surface area contributed by atoms with Crippen molar-refractivity contribution in [1.82, 2.24) is 5.32 Å². The first-order valence-electron chi connectivity index (χ1n) is 6.50. The van der Waals surface area contributed by atoms with Crippen LogP contribution in [0.5, 0.6) is 0 Å². The predicted octanol–water partition coefficient (Wildman–Crippen LogP) is 0.618. The van der Waals surface area contributed by atoms with Crippen molar-refractivity contribution >= 4 is 24.3 Å². The Labute approximate surface area is 126 Å². The van der Waals surface area contributed by atoms with Gasteiger partial charge in [-0.2, -0.15) is 0 Å². The van der Waals surface area contributed by atoms with Gasteiger partial charge < -0.3 is 20.5 Å². The standard InChI is InChI=1S/C13H24N2O4.ClH/c1-6-19-9-7-13(14,12(9,3)4)11(17)15-8(2)10(16)18-5;/h8-9H,6-7,14H2,1-5H3,(H,15,17);1H/t8-,9?,13?;/m0./s1. The second kappa shape index (κ2) is 6.74. The molecule has 0 heterocycles. The van der Waals surface area contributed by atoms with Crippen LogP contribution in [-0.2, 0) is 19.1 Å². The summed E-state index contributed by atoms with van der Waals surface area (Å²) >= 11 is 0. The van der Waals surface area contributed by atoms with Crippen LogP contribution in [0.25, 0.3) is 0 Å². The molecule has 0 radical (unpaired) electrons. The molecule has 1 fully saturated rings. The van der Waals surface area contributed by atoms with Crippen LogP contribution in [0.4, 0.5) is 0 Å². The molecule has 1 aliphatic rings. The number of esters is 1. The van der Waals surface area contributed by atoms with Gasteiger partial charge in [0.2, 0.25) is 5.91 Å². The van der Waals surface area contributed by atoms with E-state index in [1.807, 2.05) is 20.8 Å². The molecule has 0 bridgehead atoms. The average Bonchev–Trinajstić information content (AvgIpc) is 2.36. The van der Waals surface area contributed by atoms with Gasteiger partial charge in [0.25, 0.3) is 0 Å². The van der Waals surface area contributed by atoms with Gasteiger partial charge in [-0.3, -0.25) is 4.79 Å². The molecule has 0 aromatic carbocycles. The van der Waals surface area contributed by atoms with Crippen molar-refractivity contribution in [2.24, 2.45) is 11.1 Å². The molecular formula is C13H25ClN2O4. The summed E-state index contributed by atoms with van der Waals surface area (Å²) in [6, 6.07) is -0.708. The van der Waals surface area contributed by atoms with E-state index in [-0.39, 0.29) is 24.4 Å².